The SMILES string of the molecule is COc1ccc(CN2CCN(c3cc4c(cc3OC)CN(C(=O)OC(C)(C)C)C4)C(=O)C2)cc1. The van der Waals surface area contributed by atoms with Crippen LogP contribution in [-0.4, -0.2) is 61.3 Å². The minimum Gasteiger partial charge on any atom is -0.497 e. The van der Waals surface area contributed by atoms with Crippen molar-refractivity contribution in [2.24, 2.45) is 0 Å². The van der Waals surface area contributed by atoms with Gasteiger partial charge in [0, 0.05) is 32.7 Å². The average molecular weight is 468 g/mol. The van der Waals surface area contributed by atoms with Gasteiger partial charge in [0.05, 0.1) is 26.5 Å². The first-order valence-electron chi connectivity index (χ1n) is 11.5. The van der Waals surface area contributed by atoms with Crippen molar-refractivity contribution in [1.82, 2.24) is 9.80 Å². The van der Waals surface area contributed by atoms with Crippen molar-refractivity contribution in [3.8, 4) is 11.5 Å². The van der Waals surface area contributed by atoms with Gasteiger partial charge in [0.1, 0.15) is 17.1 Å². The third kappa shape index (κ3) is 5.28. The lowest BCUT2D eigenvalue weighted by atomic mass is 10.1. The van der Waals surface area contributed by atoms with E-state index in [-0.39, 0.29) is 12.0 Å². The summed E-state index contributed by atoms with van der Waals surface area (Å²) in [4.78, 5) is 31.3. The van der Waals surface area contributed by atoms with Gasteiger partial charge in [0.15, 0.2) is 0 Å². The zero-order valence-electron chi connectivity index (χ0n) is 20.6. The fourth-order valence-corrected chi connectivity index (χ4v) is 4.35. The molecule has 0 unspecified atom stereocenters. The Bertz CT molecular complexity index is 1060. The molecule has 0 atom stereocenters. The third-order valence-corrected chi connectivity index (χ3v) is 6.03. The zero-order chi connectivity index (χ0) is 24.5. The summed E-state index contributed by atoms with van der Waals surface area (Å²) < 4.78 is 16.4. The van der Waals surface area contributed by atoms with Gasteiger partial charge in [0.25, 0.3) is 0 Å². The molecule has 8 nitrogen and oxygen atoms in total. The Morgan fingerprint density at radius 1 is 0.941 bits per heavy atom. The minimum absolute atomic E-state index is 0.0278. The maximum absolute atomic E-state index is 13.1. The number of hydrogen-bond acceptors (Lipinski definition) is 6. The predicted molar refractivity (Wildman–Crippen MR) is 129 cm³/mol. The highest BCUT2D eigenvalue weighted by Gasteiger charge is 2.32. The van der Waals surface area contributed by atoms with Crippen LogP contribution in [0.5, 0.6) is 11.5 Å². The number of piperazine rings is 1. The topological polar surface area (TPSA) is 71.6 Å². The van der Waals surface area contributed by atoms with E-state index < -0.39 is 5.60 Å². The highest BCUT2D eigenvalue weighted by atomic mass is 16.6. The lowest BCUT2D eigenvalue weighted by Gasteiger charge is -2.35. The Balaban J connectivity index is 1.45. The number of carbonyl (C=O) groups is 2. The second-order valence-electron chi connectivity index (χ2n) is 9.73. The molecule has 2 heterocycles. The first-order chi connectivity index (χ1) is 16.2. The first kappa shape index (κ1) is 23.9. The van der Waals surface area contributed by atoms with Gasteiger partial charge in [-0.3, -0.25) is 14.6 Å². The molecule has 1 saturated heterocycles. The van der Waals surface area contributed by atoms with Gasteiger partial charge < -0.3 is 19.1 Å². The summed E-state index contributed by atoms with van der Waals surface area (Å²) in [5, 5.41) is 0. The molecule has 0 bridgehead atoms. The van der Waals surface area contributed by atoms with Gasteiger partial charge in [0.2, 0.25) is 5.91 Å². The number of benzene rings is 2. The van der Waals surface area contributed by atoms with Crippen molar-refractivity contribution in [3.63, 3.8) is 0 Å². The molecule has 2 aromatic carbocycles. The van der Waals surface area contributed by atoms with Crippen LogP contribution in [0.3, 0.4) is 0 Å². The summed E-state index contributed by atoms with van der Waals surface area (Å²) in [6, 6.07) is 11.8. The van der Waals surface area contributed by atoms with Crippen molar-refractivity contribution in [2.45, 2.75) is 46.0 Å². The van der Waals surface area contributed by atoms with Crippen LogP contribution in [0, 0.1) is 0 Å². The lowest BCUT2D eigenvalue weighted by Crippen LogP contribution is -2.50. The zero-order valence-corrected chi connectivity index (χ0v) is 20.6. The standard InChI is InChI=1S/C26H33N3O5/c1-26(2,3)34-25(31)28-15-19-12-22(23(33-5)13-20(19)16-28)29-11-10-27(17-24(29)30)14-18-6-8-21(32-4)9-7-18/h6-9,12-13H,10-11,14-17H2,1-5H3. The van der Waals surface area contributed by atoms with E-state index in [9.17, 15) is 9.59 Å². The lowest BCUT2D eigenvalue weighted by molar-refractivity contribution is -0.121. The van der Waals surface area contributed by atoms with Crippen LogP contribution in [0.15, 0.2) is 36.4 Å². The van der Waals surface area contributed by atoms with Gasteiger partial charge in [-0.2, -0.15) is 0 Å². The number of amides is 2. The summed E-state index contributed by atoms with van der Waals surface area (Å²) in [6.45, 7) is 8.84. The molecule has 8 heteroatoms. The number of rotatable bonds is 5. The fourth-order valence-electron chi connectivity index (χ4n) is 4.35. The normalized spacial score (nSPS) is 16.4. The van der Waals surface area contributed by atoms with Gasteiger partial charge >= 0.3 is 6.09 Å². The highest BCUT2D eigenvalue weighted by molar-refractivity contribution is 5.97. The Morgan fingerprint density at radius 3 is 2.21 bits per heavy atom. The monoisotopic (exact) mass is 467 g/mol. The van der Waals surface area contributed by atoms with Crippen molar-refractivity contribution in [1.29, 1.82) is 0 Å². The average Bonchev–Trinajstić information content (AvgIpc) is 3.21. The molecule has 1 fully saturated rings. The fraction of sp³-hybridized carbons (Fsp3) is 0.462. The maximum Gasteiger partial charge on any atom is 0.410 e. The molecule has 2 aliphatic heterocycles. The predicted octanol–water partition coefficient (Wildman–Crippen LogP) is 3.80. The van der Waals surface area contributed by atoms with Crippen LogP contribution in [-0.2, 0) is 29.2 Å². The van der Waals surface area contributed by atoms with Crippen LogP contribution in [0.2, 0.25) is 0 Å². The van der Waals surface area contributed by atoms with Crippen LogP contribution < -0.4 is 14.4 Å². The highest BCUT2D eigenvalue weighted by Crippen LogP contribution is 2.37. The van der Waals surface area contributed by atoms with Crippen LogP contribution >= 0.6 is 0 Å². The number of carbonyl (C=O) groups excluding carboxylic acids is 2. The second kappa shape index (κ2) is 9.54. The van der Waals surface area contributed by atoms with Crippen molar-refractivity contribution in [2.75, 3.05) is 38.8 Å². The summed E-state index contributed by atoms with van der Waals surface area (Å²) in [5.74, 6) is 1.49. The summed E-state index contributed by atoms with van der Waals surface area (Å²) in [7, 11) is 3.26. The Kier molecular flexibility index (Phi) is 6.70. The molecule has 0 spiro atoms. The quantitative estimate of drug-likeness (QED) is 0.666. The van der Waals surface area contributed by atoms with Crippen LogP contribution in [0.4, 0.5) is 10.5 Å². The Morgan fingerprint density at radius 2 is 1.62 bits per heavy atom. The molecule has 0 saturated carbocycles. The molecule has 2 amide bonds. The van der Waals surface area contributed by atoms with E-state index in [1.807, 2.05) is 57.2 Å². The van der Waals surface area contributed by atoms with E-state index in [2.05, 4.69) is 4.90 Å². The van der Waals surface area contributed by atoms with Gasteiger partial charge in [-0.05, 0) is 61.7 Å². The van der Waals surface area contributed by atoms with Gasteiger partial charge in [-0.25, -0.2) is 4.79 Å². The van der Waals surface area contributed by atoms with E-state index in [0.717, 1.165) is 34.7 Å². The van der Waals surface area contributed by atoms with Crippen molar-refractivity contribution in [3.05, 3.63) is 53.1 Å². The number of fused-ring (bicyclic) bond motifs is 1. The van der Waals surface area contributed by atoms with E-state index in [1.165, 1.54) is 0 Å². The van der Waals surface area contributed by atoms with E-state index in [0.29, 0.717) is 38.5 Å². The molecule has 0 N–H and O–H groups in total. The first-order valence-corrected chi connectivity index (χ1v) is 11.5. The van der Waals surface area contributed by atoms with Crippen molar-refractivity contribution < 1.29 is 23.8 Å². The number of methoxy groups -OCH3 is 2. The number of anilines is 1. The number of hydrogen-bond donors (Lipinski definition) is 0. The molecule has 182 valence electrons. The smallest absolute Gasteiger partial charge is 0.410 e. The molecule has 0 radical (unpaired) electrons. The summed E-state index contributed by atoms with van der Waals surface area (Å²) >= 11 is 0. The third-order valence-electron chi connectivity index (χ3n) is 6.03. The van der Waals surface area contributed by atoms with Gasteiger partial charge in [-0.15, -0.1) is 0 Å². The summed E-state index contributed by atoms with van der Waals surface area (Å²) in [5.41, 5.74) is 3.36. The van der Waals surface area contributed by atoms with E-state index in [1.54, 1.807) is 24.0 Å². The molecular formula is C26H33N3O5. The number of ether oxygens (including phenoxy) is 3. The molecule has 0 aromatic heterocycles. The molecule has 2 aromatic rings. The molecular weight excluding hydrogens is 434 g/mol. The van der Waals surface area contributed by atoms with Crippen LogP contribution in [0.1, 0.15) is 37.5 Å². The van der Waals surface area contributed by atoms with E-state index >= 15 is 0 Å². The molecule has 4 rings (SSSR count). The molecule has 34 heavy (non-hydrogen) atoms. The number of nitrogens with zero attached hydrogens (tertiary/aromatic N) is 3. The molecule has 2 aliphatic rings. The Hall–Kier alpha value is -3.26. The Labute approximate surface area is 201 Å². The van der Waals surface area contributed by atoms with Crippen molar-refractivity contribution >= 4 is 17.7 Å². The van der Waals surface area contributed by atoms with Crippen LogP contribution in [0.25, 0.3) is 0 Å². The minimum atomic E-state index is -0.549. The molecule has 0 aliphatic carbocycles. The van der Waals surface area contributed by atoms with Gasteiger partial charge in [-0.1, -0.05) is 12.1 Å². The van der Waals surface area contributed by atoms with E-state index in [4.69, 9.17) is 14.2 Å². The second-order valence-corrected chi connectivity index (χ2v) is 9.73. The maximum atomic E-state index is 13.1. The summed E-state index contributed by atoms with van der Waals surface area (Å²) in [6.07, 6.45) is -0.340. The largest absolute Gasteiger partial charge is 0.497 e.